The summed E-state index contributed by atoms with van der Waals surface area (Å²) in [6.45, 7) is 6.91. The van der Waals surface area contributed by atoms with E-state index in [-0.39, 0.29) is 11.5 Å². The summed E-state index contributed by atoms with van der Waals surface area (Å²) < 4.78 is 9.41. The summed E-state index contributed by atoms with van der Waals surface area (Å²) in [6, 6.07) is 31.9. The fraction of sp³-hybridized carbons (Fsp3) is 0.310. The quantitative estimate of drug-likeness (QED) is 0.191. The minimum absolute atomic E-state index is 0.00126. The molecule has 1 atom stereocenters. The summed E-state index contributed by atoms with van der Waals surface area (Å²) in [6.07, 6.45) is 5.67. The van der Waals surface area contributed by atoms with E-state index in [9.17, 15) is 0 Å². The van der Waals surface area contributed by atoms with Crippen LogP contribution in [0.1, 0.15) is 56.7 Å². The molecule has 1 nitrogen and oxygen atoms in total. The Hall–Kier alpha value is -1.91. The molecule has 3 rings (SSSR count). The highest BCUT2D eigenvalue weighted by Crippen LogP contribution is 2.45. The number of ether oxygens (including phenoxy) is 1. The molecule has 0 aliphatic rings. The first-order valence-corrected chi connectivity index (χ1v) is 12.4. The number of rotatable bonds is 10. The molecule has 0 spiro atoms. The second-order valence-corrected chi connectivity index (χ2v) is 9.45. The molecule has 0 radical (unpaired) electrons. The van der Waals surface area contributed by atoms with Gasteiger partial charge < -0.3 is 4.74 Å². The average Bonchev–Trinajstić information content (AvgIpc) is 2.82. The van der Waals surface area contributed by atoms with Crippen molar-refractivity contribution in [2.45, 2.75) is 51.7 Å². The van der Waals surface area contributed by atoms with Gasteiger partial charge in [0.2, 0.25) is 0 Å². The van der Waals surface area contributed by atoms with Crippen molar-refractivity contribution in [2.24, 2.45) is 5.41 Å². The Kier molecular flexibility index (Phi) is 8.50. The van der Waals surface area contributed by atoms with Crippen LogP contribution in [0, 0.1) is 5.41 Å². The smallest absolute Gasteiger partial charge is 0.144 e. The van der Waals surface area contributed by atoms with Crippen LogP contribution < -0.4 is 0 Å². The van der Waals surface area contributed by atoms with Gasteiger partial charge in [-0.25, -0.2) is 0 Å². The Balaban J connectivity index is 2.24. The lowest BCUT2D eigenvalue weighted by molar-refractivity contribution is -0.0776. The maximum Gasteiger partial charge on any atom is 0.144 e. The monoisotopic (exact) mass is 524 g/mol. The zero-order valence-electron chi connectivity index (χ0n) is 18.8. The highest BCUT2D eigenvalue weighted by molar-refractivity contribution is 14.1. The third-order valence-corrected chi connectivity index (χ3v) is 6.45. The van der Waals surface area contributed by atoms with Crippen LogP contribution in [0.2, 0.25) is 0 Å². The van der Waals surface area contributed by atoms with Gasteiger partial charge in [-0.1, -0.05) is 147 Å². The number of unbranched alkanes of at least 4 members (excludes halogenated alkanes) is 1. The van der Waals surface area contributed by atoms with E-state index in [4.69, 9.17) is 4.74 Å². The standard InChI is InChI=1S/C29H33IO/c1-4-5-22-28(2,3)27(21-23-30)31-29(24-15-9-6-10-16-24,25-17-11-7-12-18-25)26-19-13-8-14-20-26/h6-21,23,27H,4-5,22H2,1-3H3/b23-21+. The van der Waals surface area contributed by atoms with E-state index >= 15 is 0 Å². The van der Waals surface area contributed by atoms with Crippen LogP contribution >= 0.6 is 22.6 Å². The van der Waals surface area contributed by atoms with E-state index in [2.05, 4.69) is 145 Å². The van der Waals surface area contributed by atoms with Crippen LogP contribution in [0.15, 0.2) is 101 Å². The molecule has 3 aromatic rings. The molecule has 0 saturated carbocycles. The topological polar surface area (TPSA) is 9.23 Å². The summed E-state index contributed by atoms with van der Waals surface area (Å²) >= 11 is 2.32. The molecule has 0 saturated heterocycles. The molecule has 0 bridgehead atoms. The molecule has 0 amide bonds. The van der Waals surface area contributed by atoms with E-state index in [1.807, 2.05) is 0 Å². The molecule has 3 aromatic carbocycles. The largest absolute Gasteiger partial charge is 0.353 e. The number of hydrogen-bond acceptors (Lipinski definition) is 1. The Morgan fingerprint density at radius 3 is 1.55 bits per heavy atom. The van der Waals surface area contributed by atoms with Crippen molar-refractivity contribution in [1.82, 2.24) is 0 Å². The van der Waals surface area contributed by atoms with Gasteiger partial charge in [0.1, 0.15) is 5.60 Å². The van der Waals surface area contributed by atoms with Crippen LogP contribution in [-0.4, -0.2) is 6.10 Å². The third-order valence-electron chi connectivity index (χ3n) is 6.04. The van der Waals surface area contributed by atoms with Gasteiger partial charge in [0.25, 0.3) is 0 Å². The van der Waals surface area contributed by atoms with Crippen LogP contribution in [0.5, 0.6) is 0 Å². The molecule has 0 heterocycles. The van der Waals surface area contributed by atoms with Gasteiger partial charge >= 0.3 is 0 Å². The Labute approximate surface area is 201 Å². The average molecular weight is 524 g/mol. The normalized spacial score (nSPS) is 13.4. The van der Waals surface area contributed by atoms with E-state index in [0.717, 1.165) is 23.1 Å². The van der Waals surface area contributed by atoms with Gasteiger partial charge in [-0.15, -0.1) is 0 Å². The molecule has 0 fully saturated rings. The highest BCUT2D eigenvalue weighted by Gasteiger charge is 2.42. The maximum atomic E-state index is 7.31. The zero-order chi connectivity index (χ0) is 22.2. The Morgan fingerprint density at radius 1 is 0.774 bits per heavy atom. The first kappa shape index (κ1) is 23.7. The molecule has 31 heavy (non-hydrogen) atoms. The summed E-state index contributed by atoms with van der Waals surface area (Å²) in [4.78, 5) is 0. The van der Waals surface area contributed by atoms with Crippen molar-refractivity contribution in [2.75, 3.05) is 0 Å². The number of benzene rings is 3. The summed E-state index contributed by atoms with van der Waals surface area (Å²) in [5.74, 6) is 0. The van der Waals surface area contributed by atoms with Crippen molar-refractivity contribution in [3.63, 3.8) is 0 Å². The minimum Gasteiger partial charge on any atom is -0.353 e. The van der Waals surface area contributed by atoms with Crippen molar-refractivity contribution in [3.8, 4) is 0 Å². The van der Waals surface area contributed by atoms with Gasteiger partial charge in [-0.2, -0.15) is 0 Å². The van der Waals surface area contributed by atoms with Gasteiger partial charge in [0.05, 0.1) is 6.10 Å². The molecule has 162 valence electrons. The minimum atomic E-state index is -0.700. The van der Waals surface area contributed by atoms with E-state index < -0.39 is 5.60 Å². The SMILES string of the molecule is CCCCC(C)(C)C(/C=C/I)OC(c1ccccc1)(c1ccccc1)c1ccccc1. The molecular formula is C29H33IO. The highest BCUT2D eigenvalue weighted by atomic mass is 127. The van der Waals surface area contributed by atoms with Crippen LogP contribution in [0.4, 0.5) is 0 Å². The first-order valence-electron chi connectivity index (χ1n) is 11.2. The Bertz CT molecular complexity index is 836. The number of halogens is 1. The fourth-order valence-electron chi connectivity index (χ4n) is 4.21. The molecule has 2 heteroatoms. The third kappa shape index (κ3) is 5.48. The summed E-state index contributed by atoms with van der Waals surface area (Å²) in [5.41, 5.74) is 2.73. The summed E-state index contributed by atoms with van der Waals surface area (Å²) in [5, 5.41) is 0. The van der Waals surface area contributed by atoms with Gasteiger partial charge in [0, 0.05) is 0 Å². The van der Waals surface area contributed by atoms with Crippen LogP contribution in [0.25, 0.3) is 0 Å². The summed E-state index contributed by atoms with van der Waals surface area (Å²) in [7, 11) is 0. The molecular weight excluding hydrogens is 491 g/mol. The Morgan fingerprint density at radius 2 is 1.19 bits per heavy atom. The first-order chi connectivity index (χ1) is 15.0. The van der Waals surface area contributed by atoms with Crippen molar-refractivity contribution in [3.05, 3.63) is 118 Å². The predicted octanol–water partition coefficient (Wildman–Crippen LogP) is 8.53. The molecule has 0 aliphatic carbocycles. The lowest BCUT2D eigenvalue weighted by Crippen LogP contribution is -2.42. The molecule has 0 aliphatic heterocycles. The molecule has 0 aromatic heterocycles. The second-order valence-electron chi connectivity index (χ2n) is 8.73. The van der Waals surface area contributed by atoms with Crippen molar-refractivity contribution < 1.29 is 4.74 Å². The lowest BCUT2D eigenvalue weighted by Gasteiger charge is -2.43. The second kappa shape index (κ2) is 11.1. The lowest BCUT2D eigenvalue weighted by atomic mass is 9.77. The van der Waals surface area contributed by atoms with E-state index in [1.165, 1.54) is 12.8 Å². The van der Waals surface area contributed by atoms with Crippen molar-refractivity contribution >= 4 is 22.6 Å². The van der Waals surface area contributed by atoms with Crippen LogP contribution in [-0.2, 0) is 10.3 Å². The zero-order valence-corrected chi connectivity index (χ0v) is 21.0. The van der Waals surface area contributed by atoms with Gasteiger partial charge in [-0.3, -0.25) is 0 Å². The van der Waals surface area contributed by atoms with E-state index in [0.29, 0.717) is 0 Å². The van der Waals surface area contributed by atoms with Gasteiger partial charge in [-0.05, 0) is 38.7 Å². The number of hydrogen-bond donors (Lipinski definition) is 0. The molecule has 0 N–H and O–H groups in total. The van der Waals surface area contributed by atoms with Crippen molar-refractivity contribution in [1.29, 1.82) is 0 Å². The van der Waals surface area contributed by atoms with Gasteiger partial charge in [0.15, 0.2) is 0 Å². The molecule has 1 unspecified atom stereocenters. The predicted molar refractivity (Wildman–Crippen MR) is 141 cm³/mol. The van der Waals surface area contributed by atoms with Crippen LogP contribution in [0.3, 0.4) is 0 Å². The maximum absolute atomic E-state index is 7.31. The van der Waals surface area contributed by atoms with E-state index in [1.54, 1.807) is 0 Å². The fourth-order valence-corrected chi connectivity index (χ4v) is 4.59.